The number of hydrazine groups is 1. The Morgan fingerprint density at radius 2 is 1.81 bits per heavy atom. The number of non-ortho nitro benzene ring substituents is 1. The van der Waals surface area contributed by atoms with Crippen molar-refractivity contribution in [1.82, 2.24) is 15.6 Å². The van der Waals surface area contributed by atoms with Crippen molar-refractivity contribution in [3.8, 4) is 0 Å². The Kier molecular flexibility index (Phi) is 5.97. The number of carbonyl (C=O) groups is 1. The molecule has 11 heteroatoms. The summed E-state index contributed by atoms with van der Waals surface area (Å²) in [5.41, 5.74) is 2.85. The SMILES string of the molecule is Cc1ccc(S(=O)(=O)NNC(=S)NC(=O)c2cccc([N+](=O)[O-])c2)cc1. The summed E-state index contributed by atoms with van der Waals surface area (Å²) in [6, 6.07) is 11.1. The molecule has 0 aromatic heterocycles. The van der Waals surface area contributed by atoms with Crippen LogP contribution in [0.5, 0.6) is 0 Å². The van der Waals surface area contributed by atoms with Crippen LogP contribution in [0.1, 0.15) is 15.9 Å². The van der Waals surface area contributed by atoms with Crippen LogP contribution in [-0.4, -0.2) is 24.4 Å². The monoisotopic (exact) mass is 394 g/mol. The van der Waals surface area contributed by atoms with E-state index in [1.165, 1.54) is 30.3 Å². The van der Waals surface area contributed by atoms with Crippen LogP contribution in [-0.2, 0) is 10.0 Å². The van der Waals surface area contributed by atoms with Crippen molar-refractivity contribution >= 4 is 38.9 Å². The third kappa shape index (κ3) is 5.05. The predicted molar refractivity (Wildman–Crippen MR) is 97.8 cm³/mol. The van der Waals surface area contributed by atoms with Gasteiger partial charge in [-0.1, -0.05) is 23.8 Å². The second-order valence-electron chi connectivity index (χ2n) is 5.13. The van der Waals surface area contributed by atoms with Crippen LogP contribution in [0.2, 0.25) is 0 Å². The second kappa shape index (κ2) is 7.99. The molecule has 0 fully saturated rings. The van der Waals surface area contributed by atoms with Gasteiger partial charge in [0.15, 0.2) is 5.11 Å². The number of thiocarbonyl (C=S) groups is 1. The lowest BCUT2D eigenvalue weighted by atomic mass is 10.2. The van der Waals surface area contributed by atoms with Crippen molar-refractivity contribution < 1.29 is 18.1 Å². The molecule has 0 unspecified atom stereocenters. The van der Waals surface area contributed by atoms with Crippen molar-refractivity contribution in [3.63, 3.8) is 0 Å². The molecule has 2 aromatic carbocycles. The highest BCUT2D eigenvalue weighted by atomic mass is 32.2. The fourth-order valence-electron chi connectivity index (χ4n) is 1.86. The maximum absolute atomic E-state index is 12.1. The smallest absolute Gasteiger partial charge is 0.270 e. The molecule has 9 nitrogen and oxygen atoms in total. The zero-order chi connectivity index (χ0) is 19.3. The Balaban J connectivity index is 1.98. The van der Waals surface area contributed by atoms with Gasteiger partial charge < -0.3 is 0 Å². The molecule has 0 spiro atoms. The van der Waals surface area contributed by atoms with Gasteiger partial charge in [0.05, 0.1) is 9.82 Å². The molecule has 1 amide bonds. The van der Waals surface area contributed by atoms with Gasteiger partial charge in [-0.05, 0) is 37.3 Å². The topological polar surface area (TPSA) is 130 Å². The van der Waals surface area contributed by atoms with Crippen LogP contribution in [0.25, 0.3) is 0 Å². The van der Waals surface area contributed by atoms with E-state index in [-0.39, 0.29) is 21.3 Å². The van der Waals surface area contributed by atoms with Gasteiger partial charge in [-0.3, -0.25) is 25.7 Å². The molecule has 0 aliphatic carbocycles. The summed E-state index contributed by atoms with van der Waals surface area (Å²) in [7, 11) is -3.88. The van der Waals surface area contributed by atoms with E-state index in [2.05, 4.69) is 10.7 Å². The average molecular weight is 394 g/mol. The fraction of sp³-hybridized carbons (Fsp3) is 0.0667. The molecular weight excluding hydrogens is 380 g/mol. The van der Waals surface area contributed by atoms with E-state index in [1.807, 2.05) is 11.8 Å². The lowest BCUT2D eigenvalue weighted by Gasteiger charge is -2.11. The summed E-state index contributed by atoms with van der Waals surface area (Å²) >= 11 is 4.85. The van der Waals surface area contributed by atoms with E-state index in [9.17, 15) is 23.3 Å². The molecular formula is C15H14N4O5S2. The molecule has 0 saturated heterocycles. The van der Waals surface area contributed by atoms with Gasteiger partial charge in [0.2, 0.25) is 0 Å². The maximum Gasteiger partial charge on any atom is 0.270 e. The number of amides is 1. The van der Waals surface area contributed by atoms with Crippen LogP contribution in [0, 0.1) is 17.0 Å². The predicted octanol–water partition coefficient (Wildman–Crippen LogP) is 1.40. The Hall–Kier alpha value is -2.89. The molecule has 0 aliphatic heterocycles. The first-order valence-electron chi connectivity index (χ1n) is 7.13. The molecule has 2 aromatic rings. The molecule has 0 aliphatic rings. The van der Waals surface area contributed by atoms with Gasteiger partial charge in [0, 0.05) is 17.7 Å². The van der Waals surface area contributed by atoms with Crippen molar-refractivity contribution in [1.29, 1.82) is 0 Å². The minimum Gasteiger partial charge on any atom is -0.298 e. The Morgan fingerprint density at radius 3 is 2.42 bits per heavy atom. The third-order valence-electron chi connectivity index (χ3n) is 3.18. The van der Waals surface area contributed by atoms with E-state index in [1.54, 1.807) is 12.1 Å². The molecule has 0 bridgehead atoms. The number of nitrogens with one attached hydrogen (secondary N) is 3. The number of rotatable bonds is 5. The molecule has 0 saturated carbocycles. The zero-order valence-corrected chi connectivity index (χ0v) is 15.1. The Bertz CT molecular complexity index is 958. The minimum atomic E-state index is -3.88. The quantitative estimate of drug-likeness (QED) is 0.397. The summed E-state index contributed by atoms with van der Waals surface area (Å²) in [5.74, 6) is -0.722. The van der Waals surface area contributed by atoms with Gasteiger partial charge in [-0.15, -0.1) is 4.83 Å². The molecule has 26 heavy (non-hydrogen) atoms. The molecule has 3 N–H and O–H groups in total. The summed E-state index contributed by atoms with van der Waals surface area (Å²) in [5, 5.41) is 12.6. The van der Waals surface area contributed by atoms with Gasteiger partial charge in [-0.2, -0.15) is 0 Å². The van der Waals surface area contributed by atoms with Crippen LogP contribution in [0.4, 0.5) is 5.69 Å². The van der Waals surface area contributed by atoms with Gasteiger partial charge in [-0.25, -0.2) is 8.42 Å². The van der Waals surface area contributed by atoms with Crippen LogP contribution in [0.15, 0.2) is 53.4 Å². The van der Waals surface area contributed by atoms with Gasteiger partial charge in [0.25, 0.3) is 21.6 Å². The fourth-order valence-corrected chi connectivity index (χ4v) is 2.91. The molecule has 0 atom stereocenters. The molecule has 0 heterocycles. The summed E-state index contributed by atoms with van der Waals surface area (Å²) in [6.07, 6.45) is 0. The normalized spacial score (nSPS) is 10.8. The van der Waals surface area contributed by atoms with Crippen LogP contribution >= 0.6 is 12.2 Å². The maximum atomic E-state index is 12.1. The zero-order valence-electron chi connectivity index (χ0n) is 13.4. The van der Waals surface area contributed by atoms with Crippen molar-refractivity contribution in [3.05, 3.63) is 69.8 Å². The van der Waals surface area contributed by atoms with Crippen molar-refractivity contribution in [2.45, 2.75) is 11.8 Å². The third-order valence-corrected chi connectivity index (χ3v) is 4.64. The number of nitro benzene ring substituents is 1. The molecule has 136 valence electrons. The van der Waals surface area contributed by atoms with E-state index >= 15 is 0 Å². The summed E-state index contributed by atoms with van der Waals surface area (Å²) in [6.45, 7) is 1.82. The first-order valence-corrected chi connectivity index (χ1v) is 9.02. The number of nitro groups is 1. The van der Waals surface area contributed by atoms with E-state index < -0.39 is 20.9 Å². The molecule has 0 radical (unpaired) electrons. The number of hydrogen-bond acceptors (Lipinski definition) is 6. The standard InChI is InChI=1S/C15H14N4O5S2/c1-10-5-7-13(8-6-10)26(23,24)18-17-15(25)16-14(20)11-3-2-4-12(9-11)19(21)22/h2-9,18H,1H3,(H2,16,17,20,25). The highest BCUT2D eigenvalue weighted by molar-refractivity contribution is 7.89. The Morgan fingerprint density at radius 1 is 1.15 bits per heavy atom. The lowest BCUT2D eigenvalue weighted by Crippen LogP contribution is -2.48. The average Bonchev–Trinajstić information content (AvgIpc) is 2.60. The number of nitrogens with zero attached hydrogens (tertiary/aromatic N) is 1. The minimum absolute atomic E-state index is 0.00439. The first kappa shape index (κ1) is 19.4. The van der Waals surface area contributed by atoms with Gasteiger partial charge in [0.1, 0.15) is 0 Å². The number of aryl methyl sites for hydroxylation is 1. The number of sulfonamides is 1. The second-order valence-corrected chi connectivity index (χ2v) is 7.22. The largest absolute Gasteiger partial charge is 0.298 e. The highest BCUT2D eigenvalue weighted by Crippen LogP contribution is 2.13. The summed E-state index contributed by atoms with van der Waals surface area (Å²) in [4.78, 5) is 24.2. The Labute approximate surface area is 154 Å². The summed E-state index contributed by atoms with van der Waals surface area (Å²) < 4.78 is 24.2. The van der Waals surface area contributed by atoms with Crippen LogP contribution < -0.4 is 15.6 Å². The van der Waals surface area contributed by atoms with Crippen molar-refractivity contribution in [2.24, 2.45) is 0 Å². The van der Waals surface area contributed by atoms with E-state index in [0.717, 1.165) is 11.6 Å². The number of benzene rings is 2. The van der Waals surface area contributed by atoms with E-state index in [0.29, 0.717) is 0 Å². The van der Waals surface area contributed by atoms with Crippen molar-refractivity contribution in [2.75, 3.05) is 0 Å². The lowest BCUT2D eigenvalue weighted by molar-refractivity contribution is -0.384. The van der Waals surface area contributed by atoms with E-state index in [4.69, 9.17) is 12.2 Å². The first-order chi connectivity index (χ1) is 12.2. The van der Waals surface area contributed by atoms with Crippen LogP contribution in [0.3, 0.4) is 0 Å². The molecule has 2 rings (SSSR count). The number of carbonyl (C=O) groups excluding carboxylic acids is 1. The highest BCUT2D eigenvalue weighted by Gasteiger charge is 2.16. The van der Waals surface area contributed by atoms with Gasteiger partial charge >= 0.3 is 0 Å². The number of hydrogen-bond donors (Lipinski definition) is 3.